The number of amides is 2. The molecule has 1 unspecified atom stereocenters. The molecule has 2 amide bonds. The zero-order chi connectivity index (χ0) is 20.8. The lowest BCUT2D eigenvalue weighted by Gasteiger charge is -2.17. The van der Waals surface area contributed by atoms with Crippen molar-refractivity contribution in [2.45, 2.75) is 37.3 Å². The van der Waals surface area contributed by atoms with Gasteiger partial charge in [0.05, 0.1) is 11.5 Å². The smallest absolute Gasteiger partial charge is 0.291 e. The van der Waals surface area contributed by atoms with Crippen LogP contribution >= 0.6 is 11.8 Å². The minimum absolute atomic E-state index is 0.0278. The third-order valence-corrected chi connectivity index (χ3v) is 5.87. The molecular formula is C23H24N2O3S. The quantitative estimate of drug-likeness (QED) is 0.495. The summed E-state index contributed by atoms with van der Waals surface area (Å²) in [6, 6.07) is 16.7. The standard InChI is InChI=1S/C23H24N2O3S/c1-4-20(23(27)25-21-15(2)8-5-9-16(21)3)29-18-11-6-10-17(14-18)24-22(26)19-12-7-13-28-19/h5-14,20H,4H2,1-3H3,(H,24,26)(H,25,27). The molecule has 0 aliphatic carbocycles. The fourth-order valence-corrected chi connectivity index (χ4v) is 3.96. The molecule has 3 rings (SSSR count). The van der Waals surface area contributed by atoms with Crippen LogP contribution in [0.4, 0.5) is 11.4 Å². The maximum Gasteiger partial charge on any atom is 0.291 e. The number of carbonyl (C=O) groups is 2. The second-order valence-corrected chi connectivity index (χ2v) is 8.01. The van der Waals surface area contributed by atoms with E-state index in [0.29, 0.717) is 12.1 Å². The molecule has 0 aliphatic heterocycles. The number of para-hydroxylation sites is 1. The van der Waals surface area contributed by atoms with E-state index in [1.54, 1.807) is 12.1 Å². The first-order chi connectivity index (χ1) is 14.0. The van der Waals surface area contributed by atoms with Crippen LogP contribution in [0.5, 0.6) is 0 Å². The highest BCUT2D eigenvalue weighted by atomic mass is 32.2. The SMILES string of the molecule is CCC(Sc1cccc(NC(=O)c2ccco2)c1)C(=O)Nc1c(C)cccc1C. The topological polar surface area (TPSA) is 71.3 Å². The monoisotopic (exact) mass is 408 g/mol. The van der Waals surface area contributed by atoms with Crippen molar-refractivity contribution in [1.82, 2.24) is 0 Å². The summed E-state index contributed by atoms with van der Waals surface area (Å²) in [6.07, 6.45) is 2.15. The number of carbonyl (C=O) groups excluding carboxylic acids is 2. The van der Waals surface area contributed by atoms with Crippen molar-refractivity contribution in [1.29, 1.82) is 0 Å². The fourth-order valence-electron chi connectivity index (χ4n) is 2.95. The number of thioether (sulfide) groups is 1. The molecule has 0 radical (unpaired) electrons. The van der Waals surface area contributed by atoms with Gasteiger partial charge in [-0.3, -0.25) is 9.59 Å². The first-order valence-corrected chi connectivity index (χ1v) is 10.3. The van der Waals surface area contributed by atoms with E-state index < -0.39 is 0 Å². The van der Waals surface area contributed by atoms with Crippen molar-refractivity contribution in [2.24, 2.45) is 0 Å². The average molecular weight is 409 g/mol. The van der Waals surface area contributed by atoms with Crippen molar-refractivity contribution in [3.8, 4) is 0 Å². The first-order valence-electron chi connectivity index (χ1n) is 9.46. The highest BCUT2D eigenvalue weighted by molar-refractivity contribution is 8.00. The van der Waals surface area contributed by atoms with Crippen molar-refractivity contribution in [3.63, 3.8) is 0 Å². The van der Waals surface area contributed by atoms with Gasteiger partial charge in [0.25, 0.3) is 5.91 Å². The number of benzene rings is 2. The van der Waals surface area contributed by atoms with Crippen molar-refractivity contribution in [2.75, 3.05) is 10.6 Å². The Bertz CT molecular complexity index is 979. The van der Waals surface area contributed by atoms with Gasteiger partial charge < -0.3 is 15.1 Å². The number of rotatable bonds is 7. The number of hydrogen-bond acceptors (Lipinski definition) is 4. The van der Waals surface area contributed by atoms with Crippen molar-refractivity contribution >= 4 is 35.0 Å². The number of nitrogens with one attached hydrogen (secondary N) is 2. The van der Waals surface area contributed by atoms with E-state index in [1.807, 2.05) is 63.2 Å². The van der Waals surface area contributed by atoms with E-state index in [1.165, 1.54) is 18.0 Å². The summed E-state index contributed by atoms with van der Waals surface area (Å²) in [5, 5.41) is 5.64. The molecule has 150 valence electrons. The van der Waals surface area contributed by atoms with Gasteiger partial charge in [0.15, 0.2) is 5.76 Å². The zero-order valence-electron chi connectivity index (χ0n) is 16.7. The normalized spacial score (nSPS) is 11.7. The average Bonchev–Trinajstić information content (AvgIpc) is 3.24. The van der Waals surface area contributed by atoms with Crippen LogP contribution in [0.2, 0.25) is 0 Å². The Kier molecular flexibility index (Phi) is 6.77. The van der Waals surface area contributed by atoms with Crippen LogP contribution in [0.15, 0.2) is 70.2 Å². The van der Waals surface area contributed by atoms with E-state index in [0.717, 1.165) is 21.7 Å². The minimum atomic E-state index is -0.308. The van der Waals surface area contributed by atoms with Crippen LogP contribution < -0.4 is 10.6 Å². The van der Waals surface area contributed by atoms with Gasteiger partial charge in [-0.15, -0.1) is 11.8 Å². The van der Waals surface area contributed by atoms with Crippen LogP contribution in [-0.2, 0) is 4.79 Å². The Hall–Kier alpha value is -2.99. The van der Waals surface area contributed by atoms with Gasteiger partial charge in [-0.2, -0.15) is 0 Å². The van der Waals surface area contributed by atoms with Crippen LogP contribution in [0.25, 0.3) is 0 Å². The Labute approximate surface area is 174 Å². The molecule has 29 heavy (non-hydrogen) atoms. The van der Waals surface area contributed by atoms with E-state index in [9.17, 15) is 9.59 Å². The summed E-state index contributed by atoms with van der Waals surface area (Å²) in [7, 11) is 0. The van der Waals surface area contributed by atoms with E-state index >= 15 is 0 Å². The predicted octanol–water partition coefficient (Wildman–Crippen LogP) is 5.66. The zero-order valence-corrected chi connectivity index (χ0v) is 17.5. The maximum absolute atomic E-state index is 12.9. The molecular weight excluding hydrogens is 384 g/mol. The van der Waals surface area contributed by atoms with E-state index in [4.69, 9.17) is 4.42 Å². The largest absolute Gasteiger partial charge is 0.459 e. The third kappa shape index (κ3) is 5.29. The molecule has 0 saturated carbocycles. The van der Waals surface area contributed by atoms with Gasteiger partial charge in [0.1, 0.15) is 0 Å². The molecule has 1 heterocycles. The molecule has 1 atom stereocenters. The summed E-state index contributed by atoms with van der Waals surface area (Å²) in [6.45, 7) is 5.97. The molecule has 5 nitrogen and oxygen atoms in total. The molecule has 0 fully saturated rings. The Morgan fingerprint density at radius 2 is 1.72 bits per heavy atom. The summed E-state index contributed by atoms with van der Waals surface area (Å²) in [4.78, 5) is 25.9. The highest BCUT2D eigenvalue weighted by Crippen LogP contribution is 2.29. The lowest BCUT2D eigenvalue weighted by molar-refractivity contribution is -0.115. The lowest BCUT2D eigenvalue weighted by atomic mass is 10.1. The first kappa shape index (κ1) is 20.7. The Balaban J connectivity index is 1.69. The van der Waals surface area contributed by atoms with Gasteiger partial charge in [-0.05, 0) is 61.7 Å². The van der Waals surface area contributed by atoms with Crippen LogP contribution in [0.3, 0.4) is 0 Å². The fraction of sp³-hybridized carbons (Fsp3) is 0.217. The molecule has 0 bridgehead atoms. The van der Waals surface area contributed by atoms with Crippen LogP contribution in [-0.4, -0.2) is 17.1 Å². The third-order valence-electron chi connectivity index (χ3n) is 4.51. The summed E-state index contributed by atoms with van der Waals surface area (Å²) >= 11 is 1.48. The molecule has 0 saturated heterocycles. The van der Waals surface area contributed by atoms with Crippen molar-refractivity contribution in [3.05, 3.63) is 77.7 Å². The van der Waals surface area contributed by atoms with E-state index in [2.05, 4.69) is 10.6 Å². The number of furan rings is 1. The second-order valence-electron chi connectivity index (χ2n) is 6.73. The molecule has 1 aromatic heterocycles. The van der Waals surface area contributed by atoms with Gasteiger partial charge in [-0.25, -0.2) is 0 Å². The lowest BCUT2D eigenvalue weighted by Crippen LogP contribution is -2.25. The highest BCUT2D eigenvalue weighted by Gasteiger charge is 2.20. The Morgan fingerprint density at radius 3 is 2.38 bits per heavy atom. The maximum atomic E-state index is 12.9. The predicted molar refractivity (Wildman–Crippen MR) is 118 cm³/mol. The molecule has 2 N–H and O–H groups in total. The van der Waals surface area contributed by atoms with Gasteiger partial charge >= 0.3 is 0 Å². The molecule has 2 aromatic carbocycles. The Morgan fingerprint density at radius 1 is 1.00 bits per heavy atom. The number of aryl methyl sites for hydroxylation is 2. The molecule has 6 heteroatoms. The summed E-state index contributed by atoms with van der Waals surface area (Å²) in [5.41, 5.74) is 3.61. The second kappa shape index (κ2) is 9.47. The molecule has 0 spiro atoms. The molecule has 0 aliphatic rings. The molecule has 3 aromatic rings. The van der Waals surface area contributed by atoms with Gasteiger partial charge in [0.2, 0.25) is 5.91 Å². The van der Waals surface area contributed by atoms with Crippen LogP contribution in [0, 0.1) is 13.8 Å². The summed E-state index contributed by atoms with van der Waals surface area (Å²) in [5.74, 6) is -0.0839. The number of hydrogen-bond donors (Lipinski definition) is 2. The number of anilines is 2. The van der Waals surface area contributed by atoms with Gasteiger partial charge in [-0.1, -0.05) is 31.2 Å². The van der Waals surface area contributed by atoms with Crippen LogP contribution in [0.1, 0.15) is 35.0 Å². The summed E-state index contributed by atoms with van der Waals surface area (Å²) < 4.78 is 5.12. The van der Waals surface area contributed by atoms with E-state index in [-0.39, 0.29) is 22.8 Å². The minimum Gasteiger partial charge on any atom is -0.459 e. The van der Waals surface area contributed by atoms with Gasteiger partial charge in [0, 0.05) is 16.3 Å². The van der Waals surface area contributed by atoms with Crippen molar-refractivity contribution < 1.29 is 14.0 Å².